The Bertz CT molecular complexity index is 171. The molecule has 0 aliphatic carbocycles. The van der Waals surface area contributed by atoms with Gasteiger partial charge in [0, 0.05) is 10.7 Å². The molecule has 0 aromatic carbocycles. The van der Waals surface area contributed by atoms with E-state index in [2.05, 4.69) is 20.4 Å². The van der Waals surface area contributed by atoms with E-state index in [9.17, 15) is 5.11 Å². The van der Waals surface area contributed by atoms with Crippen LogP contribution in [0.4, 0.5) is 0 Å². The van der Waals surface area contributed by atoms with Crippen LogP contribution in [0.3, 0.4) is 0 Å². The Kier molecular flexibility index (Phi) is 7.81. The third-order valence-corrected chi connectivity index (χ3v) is 2.41. The summed E-state index contributed by atoms with van der Waals surface area (Å²) in [5.41, 5.74) is 0. The number of hydrogen-bond donors (Lipinski definition) is 1. The van der Waals surface area contributed by atoms with E-state index in [1.807, 2.05) is 22.6 Å². The van der Waals surface area contributed by atoms with E-state index >= 15 is 0 Å². The van der Waals surface area contributed by atoms with Crippen LogP contribution in [-0.4, -0.2) is 31.2 Å². The van der Waals surface area contributed by atoms with Crippen molar-refractivity contribution in [3.05, 3.63) is 10.2 Å². The molecule has 0 heterocycles. The van der Waals surface area contributed by atoms with Gasteiger partial charge in [0.2, 0.25) is 0 Å². The molecule has 0 saturated heterocycles. The van der Waals surface area contributed by atoms with E-state index in [-0.39, 0.29) is 12.9 Å². The molecule has 1 N–H and O–H groups in total. The lowest BCUT2D eigenvalue weighted by Gasteiger charge is -2.24. The lowest BCUT2D eigenvalue weighted by atomic mass is 10.0. The molecule has 4 heteroatoms. The molecule has 0 amide bonds. The fourth-order valence-corrected chi connectivity index (χ4v) is 1.51. The van der Waals surface area contributed by atoms with Crippen LogP contribution in [0.2, 0.25) is 0 Å². The Balaban J connectivity index is 4.15. The van der Waals surface area contributed by atoms with Crippen LogP contribution in [-0.2, 0) is 9.47 Å². The molecule has 0 unspecified atom stereocenters. The van der Waals surface area contributed by atoms with E-state index in [1.54, 1.807) is 7.11 Å². The lowest BCUT2D eigenvalue weighted by molar-refractivity contribution is -0.108. The molecule has 0 spiro atoms. The maximum Gasteiger partial charge on any atom is 0.146 e. The van der Waals surface area contributed by atoms with Crippen molar-refractivity contribution in [3.8, 4) is 0 Å². The molecule has 2 atom stereocenters. The monoisotopic (exact) mass is 314 g/mol. The summed E-state index contributed by atoms with van der Waals surface area (Å²) < 4.78 is 10.9. The molecular weight excluding hydrogens is 295 g/mol. The minimum Gasteiger partial charge on any atom is -0.385 e. The maximum absolute atomic E-state index is 9.77. The topological polar surface area (TPSA) is 38.7 Å². The largest absolute Gasteiger partial charge is 0.385 e. The number of aliphatic hydroxyl groups is 1. The first kappa shape index (κ1) is 14.3. The van der Waals surface area contributed by atoms with Gasteiger partial charge in [0.1, 0.15) is 12.9 Å². The summed E-state index contributed by atoms with van der Waals surface area (Å²) in [7, 11) is 1.57. The zero-order valence-corrected chi connectivity index (χ0v) is 11.2. The highest BCUT2D eigenvalue weighted by atomic mass is 127. The van der Waals surface area contributed by atoms with Crippen LogP contribution < -0.4 is 0 Å². The first-order valence-electron chi connectivity index (χ1n) is 4.62. The second-order valence-corrected chi connectivity index (χ2v) is 5.02. The first-order chi connectivity index (χ1) is 6.49. The summed E-state index contributed by atoms with van der Waals surface area (Å²) in [6.45, 7) is 8.09. The normalized spacial score (nSPS) is 15.6. The highest BCUT2D eigenvalue weighted by molar-refractivity contribution is 14.1. The Morgan fingerprint density at radius 2 is 2.07 bits per heavy atom. The van der Waals surface area contributed by atoms with Crippen LogP contribution in [0.1, 0.15) is 20.3 Å². The van der Waals surface area contributed by atoms with Gasteiger partial charge in [0.15, 0.2) is 0 Å². The molecule has 0 radical (unpaired) electrons. The van der Waals surface area contributed by atoms with Gasteiger partial charge in [-0.15, -0.1) is 0 Å². The van der Waals surface area contributed by atoms with Crippen molar-refractivity contribution in [1.82, 2.24) is 0 Å². The zero-order chi connectivity index (χ0) is 11.1. The van der Waals surface area contributed by atoms with E-state index < -0.39 is 6.10 Å². The number of ether oxygens (including phenoxy) is 2. The van der Waals surface area contributed by atoms with Crippen LogP contribution in [0.25, 0.3) is 0 Å². The van der Waals surface area contributed by atoms with Crippen molar-refractivity contribution in [3.63, 3.8) is 0 Å². The average Bonchev–Trinajstić information content (AvgIpc) is 2.10. The standard InChI is InChI=1S/C10H19IO3/c1-7(2)5-9(14-6-13-4)10(12)8(3)11/h7,9-10,12H,3,5-6H2,1-2,4H3/t9-,10-/m0/s1. The molecule has 0 aromatic heterocycles. The van der Waals surface area contributed by atoms with E-state index in [0.717, 1.165) is 6.42 Å². The van der Waals surface area contributed by atoms with Gasteiger partial charge in [-0.2, -0.15) is 0 Å². The van der Waals surface area contributed by atoms with E-state index in [1.165, 1.54) is 0 Å². The Morgan fingerprint density at radius 1 is 1.50 bits per heavy atom. The van der Waals surface area contributed by atoms with E-state index in [4.69, 9.17) is 9.47 Å². The number of methoxy groups -OCH3 is 1. The number of rotatable bonds is 7. The van der Waals surface area contributed by atoms with Crippen molar-refractivity contribution in [1.29, 1.82) is 0 Å². The van der Waals surface area contributed by atoms with Gasteiger partial charge in [-0.1, -0.05) is 20.4 Å². The van der Waals surface area contributed by atoms with Crippen LogP contribution in [0.15, 0.2) is 10.2 Å². The molecule has 0 fully saturated rings. The Hall–Kier alpha value is 0.350. The van der Waals surface area contributed by atoms with Gasteiger partial charge >= 0.3 is 0 Å². The Labute approximate surface area is 99.6 Å². The lowest BCUT2D eigenvalue weighted by Crippen LogP contribution is -2.31. The molecule has 3 nitrogen and oxygen atoms in total. The smallest absolute Gasteiger partial charge is 0.146 e. The molecule has 0 aliphatic heterocycles. The highest BCUT2D eigenvalue weighted by Crippen LogP contribution is 2.20. The van der Waals surface area contributed by atoms with Crippen molar-refractivity contribution >= 4 is 22.6 Å². The number of aliphatic hydroxyl groups excluding tert-OH is 1. The predicted molar refractivity (Wildman–Crippen MR) is 65.4 cm³/mol. The average molecular weight is 314 g/mol. The van der Waals surface area contributed by atoms with Crippen molar-refractivity contribution in [2.75, 3.05) is 13.9 Å². The van der Waals surface area contributed by atoms with E-state index in [0.29, 0.717) is 9.50 Å². The van der Waals surface area contributed by atoms with Gasteiger partial charge in [-0.3, -0.25) is 0 Å². The van der Waals surface area contributed by atoms with Crippen LogP contribution in [0, 0.1) is 5.92 Å². The van der Waals surface area contributed by atoms with Gasteiger partial charge in [0.25, 0.3) is 0 Å². The highest BCUT2D eigenvalue weighted by Gasteiger charge is 2.22. The van der Waals surface area contributed by atoms with Crippen LogP contribution >= 0.6 is 22.6 Å². The fourth-order valence-electron chi connectivity index (χ4n) is 1.11. The molecule has 84 valence electrons. The molecule has 0 bridgehead atoms. The van der Waals surface area contributed by atoms with Gasteiger partial charge in [-0.25, -0.2) is 0 Å². The predicted octanol–water partition coefficient (Wildman–Crippen LogP) is 2.33. The summed E-state index contributed by atoms with van der Waals surface area (Å²) in [6, 6.07) is 0. The first-order valence-corrected chi connectivity index (χ1v) is 5.69. The second-order valence-electron chi connectivity index (χ2n) is 3.63. The summed E-state index contributed by atoms with van der Waals surface area (Å²) in [5.74, 6) is 0.474. The molecule has 0 aromatic rings. The van der Waals surface area contributed by atoms with Gasteiger partial charge < -0.3 is 14.6 Å². The van der Waals surface area contributed by atoms with Crippen molar-refractivity contribution in [2.24, 2.45) is 5.92 Å². The third kappa shape index (κ3) is 5.95. The molecule has 0 aliphatic rings. The van der Waals surface area contributed by atoms with Crippen LogP contribution in [0.5, 0.6) is 0 Å². The third-order valence-electron chi connectivity index (χ3n) is 1.78. The minimum atomic E-state index is -0.617. The summed E-state index contributed by atoms with van der Waals surface area (Å²) in [4.78, 5) is 0. The fraction of sp³-hybridized carbons (Fsp3) is 0.800. The quantitative estimate of drug-likeness (QED) is 0.579. The minimum absolute atomic E-state index is 0.207. The second kappa shape index (κ2) is 7.62. The van der Waals surface area contributed by atoms with Gasteiger partial charge in [-0.05, 0) is 34.9 Å². The maximum atomic E-state index is 9.77. The molecule has 0 rings (SSSR count). The van der Waals surface area contributed by atoms with Crippen molar-refractivity contribution in [2.45, 2.75) is 32.5 Å². The molecule has 0 saturated carbocycles. The molecule has 14 heavy (non-hydrogen) atoms. The summed E-state index contributed by atoms with van der Waals surface area (Å²) in [5, 5.41) is 9.77. The Morgan fingerprint density at radius 3 is 2.43 bits per heavy atom. The SMILES string of the molecule is C=C(I)[C@H](O)[C@H](CC(C)C)OCOC. The summed E-state index contributed by atoms with van der Waals surface area (Å²) in [6.07, 6.45) is -0.0421. The zero-order valence-electron chi connectivity index (χ0n) is 9.00. The van der Waals surface area contributed by atoms with Gasteiger partial charge in [0.05, 0.1) is 6.10 Å². The number of halogens is 1. The van der Waals surface area contributed by atoms with Crippen molar-refractivity contribution < 1.29 is 14.6 Å². The molecular formula is C10H19IO3. The summed E-state index contributed by atoms with van der Waals surface area (Å²) >= 11 is 2.02. The number of hydrogen-bond acceptors (Lipinski definition) is 3.